The van der Waals surface area contributed by atoms with Gasteiger partial charge in [-0.05, 0) is 18.2 Å². The summed E-state index contributed by atoms with van der Waals surface area (Å²) in [5.74, 6) is -0.689. The molecule has 28 heavy (non-hydrogen) atoms. The molecule has 0 N–H and O–H groups in total. The van der Waals surface area contributed by atoms with E-state index >= 15 is 0 Å². The highest BCUT2D eigenvalue weighted by atomic mass is 16.6. The number of nitrogens with zero attached hydrogens (tertiary/aromatic N) is 3. The highest BCUT2D eigenvalue weighted by Crippen LogP contribution is 2.25. The molecule has 0 bridgehead atoms. The predicted octanol–water partition coefficient (Wildman–Crippen LogP) is 3.64. The number of carbonyl (C=O) groups excluding carboxylic acids is 1. The first-order valence-electron chi connectivity index (χ1n) is 8.71. The largest absolute Gasteiger partial charge is 0.459 e. The van der Waals surface area contributed by atoms with E-state index in [0.717, 1.165) is 11.3 Å². The van der Waals surface area contributed by atoms with Crippen LogP contribution in [-0.4, -0.2) is 36.1 Å². The third-order valence-corrected chi connectivity index (χ3v) is 3.97. The molecule has 0 unspecified atom stereocenters. The predicted molar refractivity (Wildman–Crippen MR) is 105 cm³/mol. The summed E-state index contributed by atoms with van der Waals surface area (Å²) >= 11 is 0. The van der Waals surface area contributed by atoms with Crippen molar-refractivity contribution in [3.63, 3.8) is 0 Å². The smallest absolute Gasteiger partial charge is 0.348 e. The van der Waals surface area contributed by atoms with Crippen LogP contribution in [0.25, 0.3) is 23.0 Å². The van der Waals surface area contributed by atoms with Gasteiger partial charge in [0.25, 0.3) is 0 Å². The Labute approximate surface area is 163 Å². The Bertz CT molecular complexity index is 1000. The fraction of sp³-hybridized carbons (Fsp3) is 0.136. The van der Waals surface area contributed by atoms with E-state index in [1.807, 2.05) is 66.7 Å². The summed E-state index contributed by atoms with van der Waals surface area (Å²) in [7, 11) is 1.51. The number of para-hydroxylation sites is 1. The molecule has 3 aromatic rings. The van der Waals surface area contributed by atoms with Crippen LogP contribution in [0.3, 0.4) is 0 Å². The van der Waals surface area contributed by atoms with Gasteiger partial charge in [0.1, 0.15) is 18.2 Å². The zero-order valence-electron chi connectivity index (χ0n) is 15.4. The van der Waals surface area contributed by atoms with Gasteiger partial charge in [-0.25, -0.2) is 9.48 Å². The molecular weight excluding hydrogens is 354 g/mol. The Kier molecular flexibility index (Phi) is 6.34. The van der Waals surface area contributed by atoms with E-state index in [0.29, 0.717) is 11.3 Å². The Morgan fingerprint density at radius 1 is 1.11 bits per heavy atom. The van der Waals surface area contributed by atoms with Crippen LogP contribution in [0.1, 0.15) is 5.56 Å². The summed E-state index contributed by atoms with van der Waals surface area (Å²) in [6, 6.07) is 21.1. The van der Waals surface area contributed by atoms with E-state index in [9.17, 15) is 10.1 Å². The minimum atomic E-state index is -0.689. The van der Waals surface area contributed by atoms with Crippen molar-refractivity contribution in [3.8, 4) is 23.0 Å². The van der Waals surface area contributed by atoms with E-state index in [4.69, 9.17) is 9.47 Å². The minimum absolute atomic E-state index is 0.0865. The standard InChI is InChI=1S/C22H19N3O3/c1-27-12-13-28-22(26)18(15-23)14-19-16-25(20-10-6-3-7-11-20)24-21(19)17-8-4-2-5-9-17/h2-11,14,16H,12-13H2,1H3/b18-14-. The van der Waals surface area contributed by atoms with Gasteiger partial charge >= 0.3 is 5.97 Å². The highest BCUT2D eigenvalue weighted by Gasteiger charge is 2.15. The monoisotopic (exact) mass is 373 g/mol. The average Bonchev–Trinajstić information content (AvgIpc) is 3.17. The number of hydrogen-bond acceptors (Lipinski definition) is 5. The molecule has 0 spiro atoms. The zero-order valence-corrected chi connectivity index (χ0v) is 15.4. The van der Waals surface area contributed by atoms with Crippen molar-refractivity contribution in [2.75, 3.05) is 20.3 Å². The first-order valence-corrected chi connectivity index (χ1v) is 8.71. The van der Waals surface area contributed by atoms with Gasteiger partial charge in [-0.15, -0.1) is 0 Å². The molecule has 140 valence electrons. The molecule has 0 aliphatic carbocycles. The van der Waals surface area contributed by atoms with Crippen molar-refractivity contribution in [2.24, 2.45) is 0 Å². The Morgan fingerprint density at radius 2 is 1.79 bits per heavy atom. The SMILES string of the molecule is COCCOC(=O)/C(C#N)=C\c1cn(-c2ccccc2)nc1-c1ccccc1. The molecule has 0 aliphatic heterocycles. The number of nitriles is 1. The number of carbonyl (C=O) groups is 1. The number of methoxy groups -OCH3 is 1. The molecule has 0 radical (unpaired) electrons. The molecule has 0 saturated heterocycles. The van der Waals surface area contributed by atoms with Crippen LogP contribution in [-0.2, 0) is 14.3 Å². The van der Waals surface area contributed by atoms with E-state index in [1.54, 1.807) is 10.9 Å². The second-order valence-corrected chi connectivity index (χ2v) is 5.88. The summed E-state index contributed by atoms with van der Waals surface area (Å²) < 4.78 is 11.6. The minimum Gasteiger partial charge on any atom is -0.459 e. The molecular formula is C22H19N3O3. The van der Waals surface area contributed by atoms with Gasteiger partial charge < -0.3 is 9.47 Å². The number of rotatable bonds is 7. The molecule has 6 heteroatoms. The van der Waals surface area contributed by atoms with Gasteiger partial charge in [-0.1, -0.05) is 48.5 Å². The van der Waals surface area contributed by atoms with Gasteiger partial charge in [-0.2, -0.15) is 10.4 Å². The van der Waals surface area contributed by atoms with Crippen LogP contribution >= 0.6 is 0 Å². The molecule has 3 rings (SSSR count). The quantitative estimate of drug-likeness (QED) is 0.273. The first-order chi connectivity index (χ1) is 13.7. The van der Waals surface area contributed by atoms with Gasteiger partial charge in [0.2, 0.25) is 0 Å². The van der Waals surface area contributed by atoms with Crippen molar-refractivity contribution in [1.82, 2.24) is 9.78 Å². The summed E-state index contributed by atoms with van der Waals surface area (Å²) in [6.07, 6.45) is 3.29. The second kappa shape index (κ2) is 9.31. The van der Waals surface area contributed by atoms with Crippen molar-refractivity contribution in [3.05, 3.63) is 78.0 Å². The highest BCUT2D eigenvalue weighted by molar-refractivity contribution is 5.98. The lowest BCUT2D eigenvalue weighted by molar-refractivity contribution is -0.139. The first kappa shape index (κ1) is 19.1. The average molecular weight is 373 g/mol. The van der Waals surface area contributed by atoms with Crippen LogP contribution in [0.15, 0.2) is 72.4 Å². The number of aromatic nitrogens is 2. The van der Waals surface area contributed by atoms with Crippen LogP contribution in [0.5, 0.6) is 0 Å². The summed E-state index contributed by atoms with van der Waals surface area (Å²) in [6.45, 7) is 0.356. The molecule has 6 nitrogen and oxygen atoms in total. The van der Waals surface area contributed by atoms with Crippen molar-refractivity contribution in [1.29, 1.82) is 5.26 Å². The van der Waals surface area contributed by atoms with E-state index < -0.39 is 5.97 Å². The number of hydrogen-bond donors (Lipinski definition) is 0. The third-order valence-electron chi connectivity index (χ3n) is 3.97. The topological polar surface area (TPSA) is 77.1 Å². The molecule has 2 aromatic carbocycles. The molecule has 0 atom stereocenters. The Hall–Kier alpha value is -3.69. The zero-order chi connectivity index (χ0) is 19.8. The van der Waals surface area contributed by atoms with E-state index in [2.05, 4.69) is 5.10 Å². The fourth-order valence-corrected chi connectivity index (χ4v) is 2.61. The number of benzene rings is 2. The van der Waals surface area contributed by atoms with Gasteiger partial charge in [0, 0.05) is 24.4 Å². The lowest BCUT2D eigenvalue weighted by atomic mass is 10.1. The number of esters is 1. The van der Waals surface area contributed by atoms with Crippen LogP contribution in [0.4, 0.5) is 0 Å². The van der Waals surface area contributed by atoms with Gasteiger partial charge in [0.15, 0.2) is 0 Å². The van der Waals surface area contributed by atoms with Crippen molar-refractivity contribution in [2.45, 2.75) is 0 Å². The third kappa shape index (κ3) is 4.53. The van der Waals surface area contributed by atoms with Crippen LogP contribution < -0.4 is 0 Å². The normalized spacial score (nSPS) is 11.1. The summed E-state index contributed by atoms with van der Waals surface area (Å²) in [5, 5.41) is 14.1. The van der Waals surface area contributed by atoms with Gasteiger partial charge in [0.05, 0.1) is 18.0 Å². The Morgan fingerprint density at radius 3 is 2.43 bits per heavy atom. The van der Waals surface area contributed by atoms with E-state index in [1.165, 1.54) is 13.2 Å². The molecule has 0 amide bonds. The maximum Gasteiger partial charge on any atom is 0.348 e. The summed E-state index contributed by atoms with van der Waals surface area (Å²) in [5.41, 5.74) is 2.98. The second-order valence-electron chi connectivity index (χ2n) is 5.88. The van der Waals surface area contributed by atoms with Crippen LogP contribution in [0.2, 0.25) is 0 Å². The molecule has 0 fully saturated rings. The molecule has 0 saturated carbocycles. The number of ether oxygens (including phenoxy) is 2. The maximum atomic E-state index is 12.2. The lowest BCUT2D eigenvalue weighted by Gasteiger charge is -2.03. The summed E-state index contributed by atoms with van der Waals surface area (Å²) in [4.78, 5) is 12.2. The molecule has 0 aliphatic rings. The van der Waals surface area contributed by atoms with Gasteiger partial charge in [-0.3, -0.25) is 0 Å². The lowest BCUT2D eigenvalue weighted by Crippen LogP contribution is -2.11. The maximum absolute atomic E-state index is 12.2. The van der Waals surface area contributed by atoms with E-state index in [-0.39, 0.29) is 18.8 Å². The van der Waals surface area contributed by atoms with Crippen LogP contribution in [0, 0.1) is 11.3 Å². The fourth-order valence-electron chi connectivity index (χ4n) is 2.61. The molecule has 1 heterocycles. The molecule has 1 aromatic heterocycles. The Balaban J connectivity index is 2.02. The van der Waals surface area contributed by atoms with Crippen molar-refractivity contribution >= 4 is 12.0 Å². The van der Waals surface area contributed by atoms with Crippen molar-refractivity contribution < 1.29 is 14.3 Å².